The zero-order valence-corrected chi connectivity index (χ0v) is 13.1. The van der Waals surface area contributed by atoms with Crippen LogP contribution in [0.3, 0.4) is 0 Å². The quantitative estimate of drug-likeness (QED) is 0.783. The Labute approximate surface area is 124 Å². The van der Waals surface area contributed by atoms with Gasteiger partial charge in [0.1, 0.15) is 15.9 Å². The number of benzene rings is 1. The van der Waals surface area contributed by atoms with Gasteiger partial charge in [-0.25, -0.2) is 13.2 Å². The maximum atomic E-state index is 12.4. The Morgan fingerprint density at radius 3 is 2.24 bits per heavy atom. The minimum atomic E-state index is -3.23. The molecule has 114 valence electrons. The van der Waals surface area contributed by atoms with E-state index in [4.69, 9.17) is 0 Å². The Morgan fingerprint density at radius 1 is 1.14 bits per heavy atom. The molecular formula is C14H18N2O4S. The number of sulfone groups is 1. The average molecular weight is 310 g/mol. The number of urea groups is 1. The molecule has 21 heavy (non-hydrogen) atoms. The van der Waals surface area contributed by atoms with Crippen molar-refractivity contribution in [2.24, 2.45) is 0 Å². The zero-order chi connectivity index (χ0) is 15.8. The van der Waals surface area contributed by atoms with Gasteiger partial charge in [-0.2, -0.15) is 0 Å². The second-order valence-corrected chi connectivity index (χ2v) is 7.54. The van der Waals surface area contributed by atoms with E-state index in [0.29, 0.717) is 5.69 Å². The van der Waals surface area contributed by atoms with Crippen molar-refractivity contribution in [2.75, 3.05) is 23.5 Å². The van der Waals surface area contributed by atoms with Gasteiger partial charge in [-0.3, -0.25) is 14.6 Å². The van der Waals surface area contributed by atoms with E-state index in [0.717, 1.165) is 16.7 Å². The smallest absolute Gasteiger partial charge is 0.282 e. The normalized spacial score (nSPS) is 19.5. The third kappa shape index (κ3) is 3.24. The van der Waals surface area contributed by atoms with Crippen LogP contribution in [0.25, 0.3) is 0 Å². The predicted octanol–water partition coefficient (Wildman–Crippen LogP) is 1.20. The van der Waals surface area contributed by atoms with Gasteiger partial charge in [0, 0.05) is 18.5 Å². The van der Waals surface area contributed by atoms with E-state index in [1.165, 1.54) is 4.90 Å². The first-order chi connectivity index (χ1) is 9.70. The van der Waals surface area contributed by atoms with Gasteiger partial charge in [0.05, 0.1) is 5.75 Å². The Morgan fingerprint density at radius 2 is 1.71 bits per heavy atom. The Bertz CT molecular complexity index is 667. The summed E-state index contributed by atoms with van der Waals surface area (Å²) in [6.45, 7) is 3.46. The molecule has 1 aliphatic rings. The summed E-state index contributed by atoms with van der Waals surface area (Å²) in [6, 6.07) is 6.17. The van der Waals surface area contributed by atoms with Crippen LogP contribution in [0.15, 0.2) is 24.3 Å². The Kier molecular flexibility index (Phi) is 4.04. The third-order valence-electron chi connectivity index (χ3n) is 3.45. The van der Waals surface area contributed by atoms with Gasteiger partial charge in [0.15, 0.2) is 0 Å². The van der Waals surface area contributed by atoms with Crippen LogP contribution in [0.4, 0.5) is 10.5 Å². The molecule has 1 aliphatic heterocycles. The summed E-state index contributed by atoms with van der Waals surface area (Å²) in [5, 5.41) is 0. The van der Waals surface area contributed by atoms with E-state index in [1.807, 2.05) is 19.1 Å². The highest BCUT2D eigenvalue weighted by Gasteiger charge is 2.43. The highest BCUT2D eigenvalue weighted by Crippen LogP contribution is 2.25. The van der Waals surface area contributed by atoms with Crippen molar-refractivity contribution in [3.63, 3.8) is 0 Å². The number of carbonyl (C=O) groups is 2. The highest BCUT2D eigenvalue weighted by molar-refractivity contribution is 7.90. The fourth-order valence-electron chi connectivity index (χ4n) is 2.23. The van der Waals surface area contributed by atoms with Crippen molar-refractivity contribution >= 4 is 27.5 Å². The Balaban J connectivity index is 2.24. The first-order valence-electron chi connectivity index (χ1n) is 6.59. The number of carbonyl (C=O) groups excluding carboxylic acids is 2. The van der Waals surface area contributed by atoms with E-state index in [-0.39, 0.29) is 18.2 Å². The van der Waals surface area contributed by atoms with Crippen LogP contribution >= 0.6 is 0 Å². The summed E-state index contributed by atoms with van der Waals surface area (Å²) in [5.41, 5.74) is 1.69. The van der Waals surface area contributed by atoms with Crippen LogP contribution in [0.1, 0.15) is 12.5 Å². The largest absolute Gasteiger partial charge is 0.332 e. The van der Waals surface area contributed by atoms with Gasteiger partial charge >= 0.3 is 6.03 Å². The van der Waals surface area contributed by atoms with Crippen molar-refractivity contribution in [3.05, 3.63) is 29.8 Å². The fourth-order valence-corrected chi connectivity index (χ4v) is 2.74. The molecule has 3 amide bonds. The minimum absolute atomic E-state index is 0.108. The maximum absolute atomic E-state index is 12.4. The number of aryl methyl sites for hydroxylation is 1. The van der Waals surface area contributed by atoms with Gasteiger partial charge in [0.2, 0.25) is 0 Å². The zero-order valence-electron chi connectivity index (χ0n) is 12.2. The molecule has 1 atom stereocenters. The van der Waals surface area contributed by atoms with Crippen molar-refractivity contribution < 1.29 is 18.0 Å². The number of hydrogen-bond acceptors (Lipinski definition) is 4. The van der Waals surface area contributed by atoms with Crippen molar-refractivity contribution in [3.8, 4) is 0 Å². The molecule has 0 spiro atoms. The molecule has 0 aliphatic carbocycles. The molecule has 6 nitrogen and oxygen atoms in total. The summed E-state index contributed by atoms with van der Waals surface area (Å²) in [6.07, 6.45) is 1.08. The number of anilines is 1. The molecule has 0 aromatic heterocycles. The molecule has 0 saturated carbocycles. The van der Waals surface area contributed by atoms with E-state index < -0.39 is 21.9 Å². The average Bonchev–Trinajstić information content (AvgIpc) is 2.59. The van der Waals surface area contributed by atoms with Crippen molar-refractivity contribution in [2.45, 2.75) is 19.9 Å². The van der Waals surface area contributed by atoms with Gasteiger partial charge in [-0.05, 0) is 26.0 Å². The predicted molar refractivity (Wildman–Crippen MR) is 79.9 cm³/mol. The number of nitrogens with zero attached hydrogens (tertiary/aromatic N) is 2. The first kappa shape index (κ1) is 15.5. The first-order valence-corrected chi connectivity index (χ1v) is 8.66. The molecular weight excluding hydrogens is 292 g/mol. The number of amides is 3. The minimum Gasteiger partial charge on any atom is -0.282 e. The van der Waals surface area contributed by atoms with Crippen LogP contribution in [-0.4, -0.2) is 49.9 Å². The molecule has 7 heteroatoms. The Hall–Kier alpha value is -1.89. The van der Waals surface area contributed by atoms with E-state index in [9.17, 15) is 18.0 Å². The molecule has 0 radical (unpaired) electrons. The molecule has 2 rings (SSSR count). The molecule has 0 bridgehead atoms. The molecule has 1 saturated heterocycles. The lowest BCUT2D eigenvalue weighted by atomic mass is 10.2. The summed E-state index contributed by atoms with van der Waals surface area (Å²) in [5.74, 6) is -0.594. The third-order valence-corrected chi connectivity index (χ3v) is 4.37. The van der Waals surface area contributed by atoms with E-state index in [1.54, 1.807) is 19.1 Å². The van der Waals surface area contributed by atoms with E-state index >= 15 is 0 Å². The number of rotatable bonds is 4. The van der Waals surface area contributed by atoms with Crippen molar-refractivity contribution in [1.29, 1.82) is 0 Å². The lowest BCUT2D eigenvalue weighted by Gasteiger charge is -2.19. The second-order valence-electron chi connectivity index (χ2n) is 5.28. The standard InChI is InChI=1S/C14H18N2O4S/c1-10-4-6-12(7-5-10)16-11(2)13(17)15(14(16)18)8-9-21(3,19)20/h4-7,11H,8-9H2,1-3H3. The summed E-state index contributed by atoms with van der Waals surface area (Å²) in [7, 11) is -3.23. The van der Waals surface area contributed by atoms with Crippen LogP contribution < -0.4 is 4.90 Å². The summed E-state index contributed by atoms with van der Waals surface area (Å²) in [4.78, 5) is 26.9. The fraction of sp³-hybridized carbons (Fsp3) is 0.429. The van der Waals surface area contributed by atoms with Crippen LogP contribution in [0.5, 0.6) is 0 Å². The number of hydrogen-bond donors (Lipinski definition) is 0. The van der Waals surface area contributed by atoms with Crippen LogP contribution in [0.2, 0.25) is 0 Å². The topological polar surface area (TPSA) is 74.8 Å². The summed E-state index contributed by atoms with van der Waals surface area (Å²) < 4.78 is 22.4. The van der Waals surface area contributed by atoms with Crippen molar-refractivity contribution in [1.82, 2.24) is 4.90 Å². The lowest BCUT2D eigenvalue weighted by molar-refractivity contribution is -0.126. The highest BCUT2D eigenvalue weighted by atomic mass is 32.2. The second kappa shape index (κ2) is 5.48. The molecule has 0 N–H and O–H groups in total. The summed E-state index contributed by atoms with van der Waals surface area (Å²) >= 11 is 0. The van der Waals surface area contributed by atoms with Gasteiger partial charge in [-0.1, -0.05) is 17.7 Å². The monoisotopic (exact) mass is 310 g/mol. The van der Waals surface area contributed by atoms with Gasteiger partial charge in [-0.15, -0.1) is 0 Å². The van der Waals surface area contributed by atoms with Gasteiger partial charge < -0.3 is 0 Å². The molecule has 1 unspecified atom stereocenters. The maximum Gasteiger partial charge on any atom is 0.332 e. The molecule has 1 fully saturated rings. The molecule has 1 heterocycles. The van der Waals surface area contributed by atoms with Gasteiger partial charge in [0.25, 0.3) is 5.91 Å². The lowest BCUT2D eigenvalue weighted by Crippen LogP contribution is -2.36. The number of imide groups is 1. The molecule has 1 aromatic rings. The molecule has 1 aromatic carbocycles. The SMILES string of the molecule is Cc1ccc(N2C(=O)N(CCS(C)(=O)=O)C(=O)C2C)cc1. The van der Waals surface area contributed by atoms with E-state index in [2.05, 4.69) is 0 Å². The van der Waals surface area contributed by atoms with Crippen LogP contribution in [0, 0.1) is 6.92 Å². The van der Waals surface area contributed by atoms with Crippen LogP contribution in [-0.2, 0) is 14.6 Å².